The van der Waals surface area contributed by atoms with Crippen molar-refractivity contribution in [3.63, 3.8) is 0 Å². The zero-order valence-electron chi connectivity index (χ0n) is 5.18. The molecular formula is C5H11O3-. The standard InChI is InChI=1S/C3H8O.C2H4O2/c1-2-3-4;1-2(3)4/h4H,2-3H2,1H3;1H3,(H,3,4)/p-1. The molecule has 0 rings (SSSR count). The lowest BCUT2D eigenvalue weighted by atomic mass is 10.5. The van der Waals surface area contributed by atoms with E-state index in [9.17, 15) is 0 Å². The van der Waals surface area contributed by atoms with Crippen LogP contribution in [0, 0.1) is 0 Å². The third-order valence-corrected chi connectivity index (χ3v) is 0.224. The van der Waals surface area contributed by atoms with Gasteiger partial charge in [-0.05, 0) is 13.3 Å². The largest absolute Gasteiger partial charge is 0.550 e. The first kappa shape index (κ1) is 10.4. The molecule has 0 aliphatic heterocycles. The predicted octanol–water partition coefficient (Wildman–Crippen LogP) is -0.855. The molecule has 0 spiro atoms. The van der Waals surface area contributed by atoms with E-state index >= 15 is 0 Å². The maximum absolute atomic E-state index is 8.89. The molecule has 0 heterocycles. The highest BCUT2D eigenvalue weighted by molar-refractivity contribution is 5.60. The van der Waals surface area contributed by atoms with Gasteiger partial charge in [0.25, 0.3) is 0 Å². The van der Waals surface area contributed by atoms with E-state index in [1.54, 1.807) is 0 Å². The van der Waals surface area contributed by atoms with E-state index in [-0.39, 0.29) is 0 Å². The Balaban J connectivity index is 0. The normalized spacial score (nSPS) is 6.88. The summed E-state index contributed by atoms with van der Waals surface area (Å²) in [6.07, 6.45) is 0.875. The van der Waals surface area contributed by atoms with Crippen molar-refractivity contribution < 1.29 is 15.0 Å². The SMILES string of the molecule is CC(=O)[O-].CCCO. The van der Waals surface area contributed by atoms with Gasteiger partial charge < -0.3 is 15.0 Å². The molecule has 3 nitrogen and oxygen atoms in total. The van der Waals surface area contributed by atoms with E-state index in [0.29, 0.717) is 6.61 Å². The number of hydrogen-bond acceptors (Lipinski definition) is 3. The van der Waals surface area contributed by atoms with E-state index in [4.69, 9.17) is 15.0 Å². The molecule has 0 bridgehead atoms. The van der Waals surface area contributed by atoms with Crippen LogP contribution in [0.4, 0.5) is 0 Å². The first-order chi connectivity index (χ1) is 3.65. The van der Waals surface area contributed by atoms with Gasteiger partial charge in [-0.1, -0.05) is 6.92 Å². The summed E-state index contributed by atoms with van der Waals surface area (Å²) in [5, 5.41) is 16.8. The molecule has 50 valence electrons. The summed E-state index contributed by atoms with van der Waals surface area (Å²) >= 11 is 0. The van der Waals surface area contributed by atoms with Gasteiger partial charge in [0.05, 0.1) is 0 Å². The molecule has 0 aromatic heterocycles. The van der Waals surface area contributed by atoms with Crippen molar-refractivity contribution in [3.05, 3.63) is 0 Å². The minimum Gasteiger partial charge on any atom is -0.550 e. The number of hydrogen-bond donors (Lipinski definition) is 1. The number of carbonyl (C=O) groups is 1. The maximum atomic E-state index is 8.89. The van der Waals surface area contributed by atoms with Crippen molar-refractivity contribution in [1.29, 1.82) is 0 Å². The number of carbonyl (C=O) groups excluding carboxylic acids is 1. The summed E-state index contributed by atoms with van der Waals surface area (Å²) in [5.41, 5.74) is 0. The molecule has 0 amide bonds. The van der Waals surface area contributed by atoms with Crippen LogP contribution < -0.4 is 5.11 Å². The number of aliphatic hydroxyl groups excluding tert-OH is 1. The molecule has 0 aromatic carbocycles. The third kappa shape index (κ3) is 576. The molecule has 8 heavy (non-hydrogen) atoms. The second-order valence-electron chi connectivity index (χ2n) is 1.22. The fourth-order valence-corrected chi connectivity index (χ4v) is 0. The lowest BCUT2D eigenvalue weighted by Gasteiger charge is -1.77. The summed E-state index contributed by atoms with van der Waals surface area (Å²) in [6, 6.07) is 0. The fourth-order valence-electron chi connectivity index (χ4n) is 0. The lowest BCUT2D eigenvalue weighted by Crippen LogP contribution is -2.16. The Bertz CT molecular complexity index is 45.6. The highest BCUT2D eigenvalue weighted by Gasteiger charge is 1.57. The lowest BCUT2D eigenvalue weighted by molar-refractivity contribution is -0.302. The van der Waals surface area contributed by atoms with Crippen LogP contribution in [0.2, 0.25) is 0 Å². The van der Waals surface area contributed by atoms with Gasteiger partial charge >= 0.3 is 0 Å². The highest BCUT2D eigenvalue weighted by atomic mass is 16.4. The average molecular weight is 119 g/mol. The molecule has 0 saturated carbocycles. The summed E-state index contributed by atoms with van der Waals surface area (Å²) in [4.78, 5) is 8.89. The van der Waals surface area contributed by atoms with Crippen LogP contribution in [0.15, 0.2) is 0 Å². The number of aliphatic carboxylic acids is 1. The minimum absolute atomic E-state index is 0.319. The van der Waals surface area contributed by atoms with E-state index in [1.165, 1.54) is 0 Å². The van der Waals surface area contributed by atoms with Crippen molar-refractivity contribution in [3.8, 4) is 0 Å². The summed E-state index contributed by atoms with van der Waals surface area (Å²) in [7, 11) is 0. The predicted molar refractivity (Wildman–Crippen MR) is 28.1 cm³/mol. The van der Waals surface area contributed by atoms with Gasteiger partial charge in [-0.15, -0.1) is 0 Å². The Morgan fingerprint density at radius 3 is 1.88 bits per heavy atom. The van der Waals surface area contributed by atoms with E-state index in [2.05, 4.69) is 0 Å². The van der Waals surface area contributed by atoms with Gasteiger partial charge in [-0.2, -0.15) is 0 Å². The smallest absolute Gasteiger partial charge is 0.0428 e. The van der Waals surface area contributed by atoms with Gasteiger partial charge in [0, 0.05) is 12.6 Å². The summed E-state index contributed by atoms with van der Waals surface area (Å²) in [6.45, 7) is 3.22. The van der Waals surface area contributed by atoms with Crippen molar-refractivity contribution >= 4 is 5.97 Å². The molecule has 0 radical (unpaired) electrons. The van der Waals surface area contributed by atoms with Crippen molar-refractivity contribution in [1.82, 2.24) is 0 Å². The quantitative estimate of drug-likeness (QED) is 0.489. The molecule has 0 unspecified atom stereocenters. The summed E-state index contributed by atoms with van der Waals surface area (Å²) < 4.78 is 0. The first-order valence-electron chi connectivity index (χ1n) is 2.43. The first-order valence-corrected chi connectivity index (χ1v) is 2.43. The van der Waals surface area contributed by atoms with Crippen LogP contribution in [0.5, 0.6) is 0 Å². The Kier molecular flexibility index (Phi) is 12.6. The van der Waals surface area contributed by atoms with Crippen LogP contribution in [0.1, 0.15) is 20.3 Å². The monoisotopic (exact) mass is 119 g/mol. The molecule has 0 fully saturated rings. The molecule has 0 aliphatic carbocycles. The molecule has 0 aromatic rings. The zero-order chi connectivity index (χ0) is 6.99. The Labute approximate surface area is 49.0 Å². The van der Waals surface area contributed by atoms with Crippen LogP contribution in [-0.2, 0) is 4.79 Å². The third-order valence-electron chi connectivity index (χ3n) is 0.224. The fraction of sp³-hybridized carbons (Fsp3) is 0.800. The topological polar surface area (TPSA) is 60.4 Å². The number of carboxylic acids is 1. The van der Waals surface area contributed by atoms with Gasteiger partial charge in [-0.25, -0.2) is 0 Å². The molecule has 0 saturated heterocycles. The van der Waals surface area contributed by atoms with E-state index < -0.39 is 5.97 Å². The zero-order valence-corrected chi connectivity index (χ0v) is 5.18. The van der Waals surface area contributed by atoms with Gasteiger partial charge in [0.15, 0.2) is 0 Å². The maximum Gasteiger partial charge on any atom is 0.0428 e. The second-order valence-corrected chi connectivity index (χ2v) is 1.22. The number of carboxylic acid groups (broad SMARTS) is 1. The Morgan fingerprint density at radius 2 is 1.88 bits per heavy atom. The molecular weight excluding hydrogens is 108 g/mol. The van der Waals surface area contributed by atoms with E-state index in [0.717, 1.165) is 13.3 Å². The van der Waals surface area contributed by atoms with Crippen molar-refractivity contribution in [2.24, 2.45) is 0 Å². The molecule has 0 atom stereocenters. The Hall–Kier alpha value is -0.570. The molecule has 1 N–H and O–H groups in total. The number of aliphatic hydroxyl groups is 1. The average Bonchev–Trinajstić information content (AvgIpc) is 1.65. The van der Waals surface area contributed by atoms with Crippen LogP contribution in [-0.4, -0.2) is 17.7 Å². The van der Waals surface area contributed by atoms with Gasteiger partial charge in [0.2, 0.25) is 0 Å². The molecule has 3 heteroatoms. The van der Waals surface area contributed by atoms with Crippen molar-refractivity contribution in [2.45, 2.75) is 20.3 Å². The van der Waals surface area contributed by atoms with Crippen molar-refractivity contribution in [2.75, 3.05) is 6.61 Å². The highest BCUT2D eigenvalue weighted by Crippen LogP contribution is 1.61. The van der Waals surface area contributed by atoms with E-state index in [1.807, 2.05) is 6.92 Å². The van der Waals surface area contributed by atoms with Crippen LogP contribution >= 0.6 is 0 Å². The van der Waals surface area contributed by atoms with Gasteiger partial charge in [0.1, 0.15) is 0 Å². The van der Waals surface area contributed by atoms with Crippen LogP contribution in [0.3, 0.4) is 0 Å². The number of rotatable bonds is 1. The summed E-state index contributed by atoms with van der Waals surface area (Å²) in [5.74, 6) is -1.08. The van der Waals surface area contributed by atoms with Crippen LogP contribution in [0.25, 0.3) is 0 Å². The second kappa shape index (κ2) is 9.66. The van der Waals surface area contributed by atoms with Gasteiger partial charge in [-0.3, -0.25) is 0 Å². The molecule has 0 aliphatic rings. The minimum atomic E-state index is -1.08. The Morgan fingerprint density at radius 1 is 1.75 bits per heavy atom.